The normalized spacial score (nSPS) is 10.8. The molecule has 0 spiro atoms. The summed E-state index contributed by atoms with van der Waals surface area (Å²) < 4.78 is 4.84. The van der Waals surface area contributed by atoms with Gasteiger partial charge in [0.25, 0.3) is 5.91 Å². The van der Waals surface area contributed by atoms with Crippen molar-refractivity contribution in [2.24, 2.45) is 0 Å². The topological polar surface area (TPSA) is 95.7 Å². The van der Waals surface area contributed by atoms with E-state index in [1.54, 1.807) is 6.20 Å². The van der Waals surface area contributed by atoms with Gasteiger partial charge in [0.1, 0.15) is 17.9 Å². The summed E-state index contributed by atoms with van der Waals surface area (Å²) in [5, 5.41) is 4.86. The van der Waals surface area contributed by atoms with E-state index in [9.17, 15) is 4.79 Å². The highest BCUT2D eigenvalue weighted by molar-refractivity contribution is 6.05. The lowest BCUT2D eigenvalue weighted by molar-refractivity contribution is -0.111. The van der Waals surface area contributed by atoms with Crippen molar-refractivity contribution in [1.29, 1.82) is 0 Å². The second-order valence-electron chi connectivity index (χ2n) is 7.19. The molecular weight excluding hydrogens is 402 g/mol. The Morgan fingerprint density at radius 2 is 1.94 bits per heavy atom. The van der Waals surface area contributed by atoms with E-state index >= 15 is 0 Å². The maximum absolute atomic E-state index is 12.0. The largest absolute Gasteiger partial charge is 0.372 e. The van der Waals surface area contributed by atoms with E-state index in [-0.39, 0.29) is 12.5 Å². The van der Waals surface area contributed by atoms with Gasteiger partial charge in [0, 0.05) is 59.5 Å². The van der Waals surface area contributed by atoms with E-state index < -0.39 is 0 Å². The molecule has 0 atom stereocenters. The van der Waals surface area contributed by atoms with Crippen molar-refractivity contribution in [2.45, 2.75) is 0 Å². The maximum Gasteiger partial charge on any atom is 0.300 e. The summed E-state index contributed by atoms with van der Waals surface area (Å²) in [4.78, 5) is 27.4. The van der Waals surface area contributed by atoms with Gasteiger partial charge in [-0.2, -0.15) is 0 Å². The zero-order chi connectivity index (χ0) is 21.9. The lowest BCUT2D eigenvalue weighted by atomic mass is 10.0. The Balaban J connectivity index is 1.51. The molecule has 0 radical (unpaired) electrons. The summed E-state index contributed by atoms with van der Waals surface area (Å²) >= 11 is 0. The Labute approximate surface area is 183 Å². The number of anilines is 1. The second-order valence-corrected chi connectivity index (χ2v) is 7.19. The minimum Gasteiger partial charge on any atom is -0.372 e. The first-order valence-electron chi connectivity index (χ1n) is 10.0. The lowest BCUT2D eigenvalue weighted by Crippen LogP contribution is -2.08. The predicted octanol–water partition coefficient (Wildman–Crippen LogP) is 4.36. The Bertz CT molecular complexity index is 1500. The van der Waals surface area contributed by atoms with Crippen molar-refractivity contribution in [3.8, 4) is 34.1 Å². The van der Waals surface area contributed by atoms with Crippen LogP contribution in [0.5, 0.6) is 0 Å². The van der Waals surface area contributed by atoms with Gasteiger partial charge in [0.2, 0.25) is 0 Å². The van der Waals surface area contributed by atoms with Crippen LogP contribution in [0.1, 0.15) is 0 Å². The number of H-pyrrole nitrogens is 2. The van der Waals surface area contributed by atoms with Crippen LogP contribution in [-0.4, -0.2) is 39.6 Å². The molecule has 156 valence electrons. The van der Waals surface area contributed by atoms with Crippen molar-refractivity contribution in [3.63, 3.8) is 0 Å². The quantitative estimate of drug-likeness (QED) is 0.376. The van der Waals surface area contributed by atoms with Gasteiger partial charge in [-0.3, -0.25) is 4.79 Å². The van der Waals surface area contributed by atoms with Gasteiger partial charge < -0.3 is 20.0 Å². The van der Waals surface area contributed by atoms with Crippen molar-refractivity contribution in [2.75, 3.05) is 19.0 Å². The highest BCUT2D eigenvalue weighted by atomic mass is 16.5. The van der Waals surface area contributed by atoms with Gasteiger partial charge in [0.05, 0.1) is 0 Å². The van der Waals surface area contributed by atoms with E-state index in [0.29, 0.717) is 5.69 Å². The van der Waals surface area contributed by atoms with Crippen LogP contribution in [-0.2, 0) is 9.53 Å². The SMILES string of the molecule is COCC#CC(=O)Nc1cccc(-c2cnc3[nH]cc(-c4ccnc5[nH]ccc45)c3c2)c1. The molecule has 3 N–H and O–H groups in total. The standard InChI is InChI=1S/C25H19N5O2/c1-32-11-3-6-23(31)30-18-5-2-4-16(12-18)17-13-21-22(15-29-25(21)28-14-17)19-7-9-26-24-20(19)8-10-27-24/h2,4-5,7-10,12-15H,11H2,1H3,(H,26,27)(H,28,29)(H,30,31). The Hall–Kier alpha value is -4.41. The van der Waals surface area contributed by atoms with Crippen molar-refractivity contribution in [1.82, 2.24) is 19.9 Å². The number of nitrogens with one attached hydrogen (secondary N) is 3. The van der Waals surface area contributed by atoms with Gasteiger partial charge in [-0.15, -0.1) is 0 Å². The van der Waals surface area contributed by atoms with Crippen molar-refractivity contribution < 1.29 is 9.53 Å². The van der Waals surface area contributed by atoms with Crippen LogP contribution in [0.25, 0.3) is 44.3 Å². The van der Waals surface area contributed by atoms with E-state index in [0.717, 1.165) is 44.3 Å². The van der Waals surface area contributed by atoms with Gasteiger partial charge in [-0.25, -0.2) is 9.97 Å². The number of benzene rings is 1. The lowest BCUT2D eigenvalue weighted by Gasteiger charge is -2.07. The van der Waals surface area contributed by atoms with E-state index in [4.69, 9.17) is 4.74 Å². The molecule has 0 saturated carbocycles. The Morgan fingerprint density at radius 1 is 1.03 bits per heavy atom. The number of methoxy groups -OCH3 is 1. The number of fused-ring (bicyclic) bond motifs is 2. The van der Waals surface area contributed by atoms with Crippen LogP contribution in [0.4, 0.5) is 5.69 Å². The average Bonchev–Trinajstić information content (AvgIpc) is 3.46. The van der Waals surface area contributed by atoms with Crippen LogP contribution < -0.4 is 5.32 Å². The Morgan fingerprint density at radius 3 is 2.84 bits per heavy atom. The van der Waals surface area contributed by atoms with Crippen LogP contribution in [0.3, 0.4) is 0 Å². The molecule has 5 rings (SSSR count). The summed E-state index contributed by atoms with van der Waals surface area (Å²) in [6.45, 7) is 0.213. The molecule has 0 unspecified atom stereocenters. The first-order valence-corrected chi connectivity index (χ1v) is 10.0. The Kier molecular flexibility index (Phi) is 5.12. The highest BCUT2D eigenvalue weighted by Gasteiger charge is 2.13. The fourth-order valence-corrected chi connectivity index (χ4v) is 3.71. The molecule has 1 amide bonds. The molecule has 5 aromatic rings. The number of rotatable bonds is 4. The molecule has 0 aliphatic carbocycles. The smallest absolute Gasteiger partial charge is 0.300 e. The maximum atomic E-state index is 12.0. The third kappa shape index (κ3) is 3.71. The number of amides is 1. The summed E-state index contributed by atoms with van der Waals surface area (Å²) in [5.41, 5.74) is 6.34. The van der Waals surface area contributed by atoms with Crippen LogP contribution in [0.2, 0.25) is 0 Å². The molecular formula is C25H19N5O2. The molecule has 0 aliphatic rings. The predicted molar refractivity (Wildman–Crippen MR) is 125 cm³/mol. The zero-order valence-electron chi connectivity index (χ0n) is 17.3. The first kappa shape index (κ1) is 19.5. The van der Waals surface area contributed by atoms with Crippen LogP contribution >= 0.6 is 0 Å². The number of nitrogens with zero attached hydrogens (tertiary/aromatic N) is 2. The van der Waals surface area contributed by atoms with Crippen molar-refractivity contribution in [3.05, 3.63) is 67.3 Å². The number of hydrogen-bond donors (Lipinski definition) is 3. The van der Waals surface area contributed by atoms with Crippen LogP contribution in [0, 0.1) is 11.8 Å². The summed E-state index contributed by atoms with van der Waals surface area (Å²) in [6.07, 6.45) is 7.48. The zero-order valence-corrected chi connectivity index (χ0v) is 17.3. The highest BCUT2D eigenvalue weighted by Crippen LogP contribution is 2.34. The van der Waals surface area contributed by atoms with E-state index in [2.05, 4.69) is 43.2 Å². The molecule has 0 bridgehead atoms. The molecule has 4 heterocycles. The third-order valence-corrected chi connectivity index (χ3v) is 5.15. The number of carbonyl (C=O) groups is 1. The van der Waals surface area contributed by atoms with E-state index in [1.165, 1.54) is 7.11 Å². The number of aromatic amines is 2. The molecule has 32 heavy (non-hydrogen) atoms. The number of hydrogen-bond acceptors (Lipinski definition) is 4. The van der Waals surface area contributed by atoms with Gasteiger partial charge >= 0.3 is 0 Å². The monoisotopic (exact) mass is 421 g/mol. The minimum absolute atomic E-state index is 0.213. The fraction of sp³-hybridized carbons (Fsp3) is 0.0800. The molecule has 7 nitrogen and oxygen atoms in total. The van der Waals surface area contributed by atoms with Gasteiger partial charge in [0.15, 0.2) is 0 Å². The molecule has 0 aliphatic heterocycles. The van der Waals surface area contributed by atoms with Crippen LogP contribution in [0.15, 0.2) is 67.3 Å². The molecule has 0 saturated heterocycles. The average molecular weight is 421 g/mol. The van der Waals surface area contributed by atoms with E-state index in [1.807, 2.05) is 55.0 Å². The number of aromatic nitrogens is 4. The minimum atomic E-state index is -0.381. The molecule has 7 heteroatoms. The molecule has 0 fully saturated rings. The fourth-order valence-electron chi connectivity index (χ4n) is 3.71. The summed E-state index contributed by atoms with van der Waals surface area (Å²) in [6, 6.07) is 13.7. The number of ether oxygens (including phenoxy) is 1. The van der Waals surface area contributed by atoms with Gasteiger partial charge in [-0.1, -0.05) is 18.1 Å². The number of carbonyl (C=O) groups excluding carboxylic acids is 1. The molecule has 1 aromatic carbocycles. The molecule has 4 aromatic heterocycles. The summed E-state index contributed by atoms with van der Waals surface area (Å²) in [7, 11) is 1.53. The van der Waals surface area contributed by atoms with Crippen molar-refractivity contribution >= 4 is 33.7 Å². The van der Waals surface area contributed by atoms with Gasteiger partial charge in [-0.05, 0) is 47.4 Å². The summed E-state index contributed by atoms with van der Waals surface area (Å²) in [5.74, 6) is 4.77. The first-order chi connectivity index (χ1) is 15.7. The number of pyridine rings is 2. The second kappa shape index (κ2) is 8.38. The third-order valence-electron chi connectivity index (χ3n) is 5.15.